The van der Waals surface area contributed by atoms with Gasteiger partial charge in [-0.3, -0.25) is 23.6 Å². The molecule has 0 spiro atoms. The summed E-state index contributed by atoms with van der Waals surface area (Å²) in [6.45, 7) is 3.88. The number of benzene rings is 1. The fraction of sp³-hybridized carbons (Fsp3) is 0.526. The van der Waals surface area contributed by atoms with Crippen LogP contribution in [0.1, 0.15) is 26.2 Å². The number of likely N-dealkylation sites (tertiary alicyclic amines) is 1. The Morgan fingerprint density at radius 1 is 1.15 bits per heavy atom. The summed E-state index contributed by atoms with van der Waals surface area (Å²) in [5, 5.41) is 3.52. The van der Waals surface area contributed by atoms with Gasteiger partial charge in [0, 0.05) is 31.7 Å². The van der Waals surface area contributed by atoms with Crippen LogP contribution in [-0.2, 0) is 17.9 Å². The number of para-hydroxylation sites is 1. The summed E-state index contributed by atoms with van der Waals surface area (Å²) in [5.74, 6) is -0.179. The summed E-state index contributed by atoms with van der Waals surface area (Å²) in [5.41, 5.74) is -0.230. The third-order valence-electron chi connectivity index (χ3n) is 5.40. The maximum atomic E-state index is 12.7. The van der Waals surface area contributed by atoms with Gasteiger partial charge in [-0.05, 0) is 38.3 Å². The van der Waals surface area contributed by atoms with Gasteiger partial charge in [0.2, 0.25) is 5.91 Å². The Hall–Kier alpha value is -2.41. The van der Waals surface area contributed by atoms with Crippen molar-refractivity contribution in [3.05, 3.63) is 45.1 Å². The number of nitrogens with zero attached hydrogens (tertiary/aromatic N) is 3. The van der Waals surface area contributed by atoms with Crippen molar-refractivity contribution < 1.29 is 4.79 Å². The molecule has 1 unspecified atom stereocenters. The highest BCUT2D eigenvalue weighted by molar-refractivity contribution is 5.81. The molecule has 7 nitrogen and oxygen atoms in total. The number of aromatic nitrogens is 2. The van der Waals surface area contributed by atoms with Gasteiger partial charge in [-0.2, -0.15) is 0 Å². The molecule has 2 aliphatic rings. The van der Waals surface area contributed by atoms with E-state index < -0.39 is 5.69 Å². The third-order valence-corrected chi connectivity index (χ3v) is 5.40. The molecule has 2 fully saturated rings. The zero-order valence-electron chi connectivity index (χ0n) is 15.0. The summed E-state index contributed by atoms with van der Waals surface area (Å²) < 4.78 is 2.59. The van der Waals surface area contributed by atoms with Crippen molar-refractivity contribution in [3.63, 3.8) is 0 Å². The third kappa shape index (κ3) is 3.07. The lowest BCUT2D eigenvalue weighted by atomic mass is 10.2. The van der Waals surface area contributed by atoms with E-state index >= 15 is 0 Å². The first-order chi connectivity index (χ1) is 12.6. The number of carbonyl (C=O) groups is 1. The molecule has 1 aliphatic carbocycles. The molecule has 0 bridgehead atoms. The molecule has 1 N–H and O–H groups in total. The van der Waals surface area contributed by atoms with Crippen molar-refractivity contribution in [2.75, 3.05) is 13.1 Å². The van der Waals surface area contributed by atoms with E-state index in [-0.39, 0.29) is 30.6 Å². The molecule has 7 heteroatoms. The second kappa shape index (κ2) is 6.72. The molecule has 26 heavy (non-hydrogen) atoms. The highest BCUT2D eigenvalue weighted by atomic mass is 16.2. The lowest BCUT2D eigenvalue weighted by Gasteiger charge is -2.17. The van der Waals surface area contributed by atoms with Gasteiger partial charge in [-0.15, -0.1) is 0 Å². The Labute approximate surface area is 151 Å². The van der Waals surface area contributed by atoms with Gasteiger partial charge in [-0.25, -0.2) is 4.79 Å². The number of fused-ring (bicyclic) bond motifs is 1. The van der Waals surface area contributed by atoms with Crippen LogP contribution in [0.4, 0.5) is 0 Å². The zero-order chi connectivity index (χ0) is 18.3. The molecular weight excluding hydrogens is 332 g/mol. The van der Waals surface area contributed by atoms with Crippen LogP contribution in [0.3, 0.4) is 0 Å². The van der Waals surface area contributed by atoms with Crippen LogP contribution in [0, 0.1) is 0 Å². The molecule has 138 valence electrons. The van der Waals surface area contributed by atoms with Crippen LogP contribution >= 0.6 is 0 Å². The van der Waals surface area contributed by atoms with E-state index in [1.807, 2.05) is 0 Å². The second-order valence-electron chi connectivity index (χ2n) is 7.21. The van der Waals surface area contributed by atoms with Gasteiger partial charge in [-0.1, -0.05) is 12.1 Å². The Balaban J connectivity index is 1.57. The zero-order valence-corrected chi connectivity index (χ0v) is 15.0. The molecule has 1 amide bonds. The Morgan fingerprint density at radius 3 is 2.65 bits per heavy atom. The highest BCUT2D eigenvalue weighted by Gasteiger charge is 2.34. The number of nitrogens with one attached hydrogen (secondary N) is 1. The fourth-order valence-electron chi connectivity index (χ4n) is 3.90. The Morgan fingerprint density at radius 2 is 1.92 bits per heavy atom. The van der Waals surface area contributed by atoms with Gasteiger partial charge in [0.05, 0.1) is 10.9 Å². The van der Waals surface area contributed by atoms with Crippen molar-refractivity contribution in [1.82, 2.24) is 19.4 Å². The average Bonchev–Trinajstić information content (AvgIpc) is 3.39. The van der Waals surface area contributed by atoms with Crippen molar-refractivity contribution in [1.29, 1.82) is 0 Å². The molecule has 0 radical (unpaired) electrons. The van der Waals surface area contributed by atoms with Crippen LogP contribution in [0.25, 0.3) is 10.9 Å². The van der Waals surface area contributed by atoms with E-state index in [2.05, 4.69) is 10.2 Å². The fourth-order valence-corrected chi connectivity index (χ4v) is 3.90. The summed E-state index contributed by atoms with van der Waals surface area (Å²) in [6, 6.07) is 7.80. The monoisotopic (exact) mass is 356 g/mol. The smallest absolute Gasteiger partial charge is 0.331 e. The van der Waals surface area contributed by atoms with Crippen LogP contribution in [-0.4, -0.2) is 45.1 Å². The van der Waals surface area contributed by atoms with E-state index in [4.69, 9.17) is 0 Å². The van der Waals surface area contributed by atoms with Gasteiger partial charge < -0.3 is 5.32 Å². The van der Waals surface area contributed by atoms with E-state index in [1.54, 1.807) is 31.2 Å². The predicted octanol–water partition coefficient (Wildman–Crippen LogP) is 0.536. The molecule has 1 atom stereocenters. The lowest BCUT2D eigenvalue weighted by molar-refractivity contribution is -0.122. The van der Waals surface area contributed by atoms with Crippen LogP contribution in [0.2, 0.25) is 0 Å². The van der Waals surface area contributed by atoms with Gasteiger partial charge >= 0.3 is 5.69 Å². The number of hydrogen-bond acceptors (Lipinski definition) is 4. The molecule has 1 aromatic heterocycles. The average molecular weight is 356 g/mol. The first-order valence-electron chi connectivity index (χ1n) is 9.34. The quantitative estimate of drug-likeness (QED) is 0.848. The molecule has 1 saturated heterocycles. The van der Waals surface area contributed by atoms with E-state index in [9.17, 15) is 14.4 Å². The van der Waals surface area contributed by atoms with E-state index in [0.717, 1.165) is 19.5 Å². The minimum absolute atomic E-state index is 0.0699. The standard InChI is InChI=1S/C19H24N4O3/c1-2-22-18(25)15-5-3-4-6-16(15)23(19(22)26)12-17(24)20-13-9-10-21(11-13)14-7-8-14/h3-6,13-14H,2,7-12H2,1H3,(H,20,24). The molecule has 2 heterocycles. The molecule has 1 aliphatic heterocycles. The van der Waals surface area contributed by atoms with E-state index in [0.29, 0.717) is 16.9 Å². The second-order valence-corrected chi connectivity index (χ2v) is 7.21. The molecule has 1 saturated carbocycles. The Bertz CT molecular complexity index is 957. The Kier molecular flexibility index (Phi) is 4.40. The summed E-state index contributed by atoms with van der Waals surface area (Å²) >= 11 is 0. The molecule has 2 aromatic rings. The number of rotatable bonds is 5. The van der Waals surface area contributed by atoms with E-state index in [1.165, 1.54) is 22.0 Å². The van der Waals surface area contributed by atoms with Gasteiger partial charge in [0.15, 0.2) is 0 Å². The minimum Gasteiger partial charge on any atom is -0.350 e. The van der Waals surface area contributed by atoms with Crippen LogP contribution in [0.15, 0.2) is 33.9 Å². The lowest BCUT2D eigenvalue weighted by Crippen LogP contribution is -2.44. The first kappa shape index (κ1) is 17.0. The molecule has 4 rings (SSSR count). The SMILES string of the molecule is CCn1c(=O)c2ccccc2n(CC(=O)NC2CCN(C3CC3)C2)c1=O. The van der Waals surface area contributed by atoms with Crippen LogP contribution in [0.5, 0.6) is 0 Å². The van der Waals surface area contributed by atoms with Crippen molar-refractivity contribution >= 4 is 16.8 Å². The van der Waals surface area contributed by atoms with Gasteiger partial charge in [0.25, 0.3) is 5.56 Å². The number of amides is 1. The molecule has 1 aromatic carbocycles. The van der Waals surface area contributed by atoms with Crippen molar-refractivity contribution in [2.45, 2.75) is 51.4 Å². The first-order valence-corrected chi connectivity index (χ1v) is 9.34. The van der Waals surface area contributed by atoms with Crippen LogP contribution < -0.4 is 16.6 Å². The summed E-state index contributed by atoms with van der Waals surface area (Å²) in [6.07, 6.45) is 3.48. The van der Waals surface area contributed by atoms with Gasteiger partial charge in [0.1, 0.15) is 6.54 Å². The van der Waals surface area contributed by atoms with Crippen molar-refractivity contribution in [2.24, 2.45) is 0 Å². The summed E-state index contributed by atoms with van der Waals surface area (Å²) in [4.78, 5) is 40.1. The highest BCUT2D eigenvalue weighted by Crippen LogP contribution is 2.29. The maximum absolute atomic E-state index is 12.7. The topological polar surface area (TPSA) is 76.3 Å². The summed E-state index contributed by atoms with van der Waals surface area (Å²) in [7, 11) is 0. The number of carbonyl (C=O) groups excluding carboxylic acids is 1. The minimum atomic E-state index is -0.433. The van der Waals surface area contributed by atoms with Crippen molar-refractivity contribution in [3.8, 4) is 0 Å². The number of hydrogen-bond donors (Lipinski definition) is 1. The normalized spacial score (nSPS) is 20.6. The predicted molar refractivity (Wildman–Crippen MR) is 99.3 cm³/mol. The molecular formula is C19H24N4O3. The largest absolute Gasteiger partial charge is 0.350 e. The maximum Gasteiger partial charge on any atom is 0.331 e.